The highest BCUT2D eigenvalue weighted by atomic mass is 16.3. The SMILES string of the molecule is CC(O)(Cc1ccnc2ccccc12)CC1CCC1. The molecule has 1 aliphatic carbocycles. The second-order valence-corrected chi connectivity index (χ2v) is 6.16. The minimum atomic E-state index is -0.602. The van der Waals surface area contributed by atoms with Crippen molar-refractivity contribution in [2.24, 2.45) is 5.92 Å². The predicted octanol–water partition coefficient (Wildman–Crippen LogP) is 3.72. The molecule has 2 aromatic rings. The highest BCUT2D eigenvalue weighted by molar-refractivity contribution is 5.81. The summed E-state index contributed by atoms with van der Waals surface area (Å²) in [4.78, 5) is 4.38. The first-order chi connectivity index (χ1) is 9.14. The van der Waals surface area contributed by atoms with Gasteiger partial charge in [-0.1, -0.05) is 37.5 Å². The smallest absolute Gasteiger partial charge is 0.0704 e. The van der Waals surface area contributed by atoms with Crippen LogP contribution in [0.3, 0.4) is 0 Å². The van der Waals surface area contributed by atoms with Crippen LogP contribution in [0.2, 0.25) is 0 Å². The van der Waals surface area contributed by atoms with Crippen molar-refractivity contribution in [2.45, 2.75) is 44.6 Å². The van der Waals surface area contributed by atoms with Gasteiger partial charge in [0, 0.05) is 18.0 Å². The molecular formula is C17H21NO. The van der Waals surface area contributed by atoms with E-state index >= 15 is 0 Å². The molecule has 2 heteroatoms. The van der Waals surface area contributed by atoms with Gasteiger partial charge < -0.3 is 5.11 Å². The number of para-hydroxylation sites is 1. The molecule has 1 heterocycles. The number of fused-ring (bicyclic) bond motifs is 1. The Balaban J connectivity index is 1.83. The highest BCUT2D eigenvalue weighted by Crippen LogP contribution is 2.35. The molecule has 1 fully saturated rings. The predicted molar refractivity (Wildman–Crippen MR) is 78.0 cm³/mol. The molecule has 1 aliphatic rings. The van der Waals surface area contributed by atoms with Crippen LogP contribution in [0.1, 0.15) is 38.2 Å². The maximum absolute atomic E-state index is 10.6. The lowest BCUT2D eigenvalue weighted by molar-refractivity contribution is 0.0207. The van der Waals surface area contributed by atoms with Gasteiger partial charge in [0.25, 0.3) is 0 Å². The minimum absolute atomic E-state index is 0.602. The van der Waals surface area contributed by atoms with Crippen molar-refractivity contribution in [3.05, 3.63) is 42.1 Å². The van der Waals surface area contributed by atoms with Gasteiger partial charge in [-0.05, 0) is 37.0 Å². The van der Waals surface area contributed by atoms with Crippen LogP contribution in [0.25, 0.3) is 10.9 Å². The zero-order valence-corrected chi connectivity index (χ0v) is 11.5. The zero-order valence-electron chi connectivity index (χ0n) is 11.5. The Morgan fingerprint density at radius 3 is 2.79 bits per heavy atom. The highest BCUT2D eigenvalue weighted by Gasteiger charge is 2.29. The summed E-state index contributed by atoms with van der Waals surface area (Å²) in [6, 6.07) is 10.2. The molecule has 1 unspecified atom stereocenters. The van der Waals surface area contributed by atoms with Crippen LogP contribution in [0.4, 0.5) is 0 Å². The molecule has 19 heavy (non-hydrogen) atoms. The standard InChI is InChI=1S/C17H21NO/c1-17(19,11-13-5-4-6-13)12-14-9-10-18-16-8-3-2-7-15(14)16/h2-3,7-10,13,19H,4-6,11-12H2,1H3. The molecule has 1 N–H and O–H groups in total. The van der Waals surface area contributed by atoms with E-state index in [4.69, 9.17) is 0 Å². The molecule has 1 saturated carbocycles. The van der Waals surface area contributed by atoms with Gasteiger partial charge in [0.05, 0.1) is 11.1 Å². The van der Waals surface area contributed by atoms with E-state index in [-0.39, 0.29) is 0 Å². The average molecular weight is 255 g/mol. The monoisotopic (exact) mass is 255 g/mol. The number of aromatic nitrogens is 1. The number of nitrogens with zero attached hydrogens (tertiary/aromatic N) is 1. The fraction of sp³-hybridized carbons (Fsp3) is 0.471. The maximum Gasteiger partial charge on any atom is 0.0704 e. The largest absolute Gasteiger partial charge is 0.390 e. The van der Waals surface area contributed by atoms with E-state index in [1.165, 1.54) is 30.2 Å². The van der Waals surface area contributed by atoms with Gasteiger partial charge in [-0.2, -0.15) is 0 Å². The second kappa shape index (κ2) is 4.93. The summed E-state index contributed by atoms with van der Waals surface area (Å²) < 4.78 is 0. The normalized spacial score (nSPS) is 19.1. The third-order valence-corrected chi connectivity index (χ3v) is 4.26. The Morgan fingerprint density at radius 2 is 2.05 bits per heavy atom. The minimum Gasteiger partial charge on any atom is -0.390 e. The van der Waals surface area contributed by atoms with Crippen LogP contribution in [0.15, 0.2) is 36.5 Å². The molecule has 3 rings (SSSR count). The first-order valence-electron chi connectivity index (χ1n) is 7.19. The van der Waals surface area contributed by atoms with Crippen LogP contribution in [-0.4, -0.2) is 15.7 Å². The number of aliphatic hydroxyl groups is 1. The van der Waals surface area contributed by atoms with Gasteiger partial charge in [0.15, 0.2) is 0 Å². The summed E-state index contributed by atoms with van der Waals surface area (Å²) in [5.74, 6) is 0.725. The Hall–Kier alpha value is -1.41. The Kier molecular flexibility index (Phi) is 3.28. The lowest BCUT2D eigenvalue weighted by atomic mass is 9.76. The quantitative estimate of drug-likeness (QED) is 0.903. The first-order valence-corrected chi connectivity index (χ1v) is 7.19. The molecule has 1 aromatic heterocycles. The van der Waals surface area contributed by atoms with Gasteiger partial charge in [0.2, 0.25) is 0 Å². The number of pyridine rings is 1. The van der Waals surface area contributed by atoms with Crippen molar-refractivity contribution in [2.75, 3.05) is 0 Å². The molecule has 2 nitrogen and oxygen atoms in total. The van der Waals surface area contributed by atoms with Crippen LogP contribution in [0.5, 0.6) is 0 Å². The van der Waals surface area contributed by atoms with Gasteiger partial charge >= 0.3 is 0 Å². The zero-order chi connectivity index (χ0) is 13.3. The van der Waals surface area contributed by atoms with E-state index in [1.54, 1.807) is 0 Å². The Bertz CT molecular complexity index is 567. The van der Waals surface area contributed by atoms with Gasteiger partial charge in [0.1, 0.15) is 0 Å². The molecule has 0 saturated heterocycles. The van der Waals surface area contributed by atoms with Crippen molar-refractivity contribution in [1.29, 1.82) is 0 Å². The summed E-state index contributed by atoms with van der Waals surface area (Å²) in [6.07, 6.45) is 7.38. The average Bonchev–Trinajstić information content (AvgIpc) is 2.34. The van der Waals surface area contributed by atoms with Crippen molar-refractivity contribution < 1.29 is 5.11 Å². The summed E-state index contributed by atoms with van der Waals surface area (Å²) in [6.45, 7) is 1.97. The van der Waals surface area contributed by atoms with Gasteiger partial charge in [-0.25, -0.2) is 0 Å². The maximum atomic E-state index is 10.6. The molecule has 1 aromatic carbocycles. The molecule has 1 atom stereocenters. The van der Waals surface area contributed by atoms with E-state index in [0.717, 1.165) is 17.9 Å². The third-order valence-electron chi connectivity index (χ3n) is 4.26. The van der Waals surface area contributed by atoms with E-state index in [0.29, 0.717) is 6.42 Å². The Morgan fingerprint density at radius 1 is 1.26 bits per heavy atom. The molecule has 0 bridgehead atoms. The molecule has 0 amide bonds. The second-order valence-electron chi connectivity index (χ2n) is 6.16. The van der Waals surface area contributed by atoms with Crippen LogP contribution in [0, 0.1) is 5.92 Å². The molecule has 0 aliphatic heterocycles. The lowest BCUT2D eigenvalue weighted by Gasteiger charge is -2.33. The molecule has 100 valence electrons. The van der Waals surface area contributed by atoms with Crippen LogP contribution >= 0.6 is 0 Å². The van der Waals surface area contributed by atoms with Gasteiger partial charge in [-0.3, -0.25) is 4.98 Å². The van der Waals surface area contributed by atoms with E-state index in [1.807, 2.05) is 37.4 Å². The van der Waals surface area contributed by atoms with Crippen LogP contribution in [-0.2, 0) is 6.42 Å². The fourth-order valence-electron chi connectivity index (χ4n) is 3.11. The van der Waals surface area contributed by atoms with E-state index in [9.17, 15) is 5.11 Å². The molecular weight excluding hydrogens is 234 g/mol. The fourth-order valence-corrected chi connectivity index (χ4v) is 3.11. The summed E-state index contributed by atoms with van der Waals surface area (Å²) in [5, 5.41) is 11.8. The lowest BCUT2D eigenvalue weighted by Crippen LogP contribution is -2.32. The first kappa shape index (κ1) is 12.6. The summed E-state index contributed by atoms with van der Waals surface area (Å²) in [7, 11) is 0. The van der Waals surface area contributed by atoms with Crippen LogP contribution < -0.4 is 0 Å². The molecule has 0 radical (unpaired) electrons. The van der Waals surface area contributed by atoms with E-state index in [2.05, 4.69) is 11.1 Å². The van der Waals surface area contributed by atoms with Crippen molar-refractivity contribution in [3.8, 4) is 0 Å². The van der Waals surface area contributed by atoms with Crippen molar-refractivity contribution in [1.82, 2.24) is 4.98 Å². The number of rotatable bonds is 4. The topological polar surface area (TPSA) is 33.1 Å². The summed E-state index contributed by atoms with van der Waals surface area (Å²) in [5.41, 5.74) is 1.62. The van der Waals surface area contributed by atoms with Gasteiger partial charge in [-0.15, -0.1) is 0 Å². The van der Waals surface area contributed by atoms with Crippen molar-refractivity contribution >= 4 is 10.9 Å². The number of hydrogen-bond donors (Lipinski definition) is 1. The summed E-state index contributed by atoms with van der Waals surface area (Å²) >= 11 is 0. The number of hydrogen-bond acceptors (Lipinski definition) is 2. The Labute approximate surface area is 114 Å². The van der Waals surface area contributed by atoms with E-state index < -0.39 is 5.60 Å². The molecule has 0 spiro atoms. The van der Waals surface area contributed by atoms with Crippen molar-refractivity contribution in [3.63, 3.8) is 0 Å². The number of benzene rings is 1. The third kappa shape index (κ3) is 2.79.